The van der Waals surface area contributed by atoms with Gasteiger partial charge in [-0.15, -0.1) is 0 Å². The number of benzene rings is 1. The summed E-state index contributed by atoms with van der Waals surface area (Å²) in [6, 6.07) is 3.12. The summed E-state index contributed by atoms with van der Waals surface area (Å²) in [6.07, 6.45) is 6.30. The van der Waals surface area contributed by atoms with Gasteiger partial charge in [0.15, 0.2) is 18.1 Å². The van der Waals surface area contributed by atoms with Crippen LogP contribution in [0.5, 0.6) is 11.5 Å². The van der Waals surface area contributed by atoms with Gasteiger partial charge in [-0.25, -0.2) is 4.79 Å². The van der Waals surface area contributed by atoms with Gasteiger partial charge in [0.1, 0.15) is 0 Å². The zero-order valence-corrected chi connectivity index (χ0v) is 16.6. The summed E-state index contributed by atoms with van der Waals surface area (Å²) in [6.45, 7) is -0.323. The normalized spacial score (nSPS) is 27.1. The number of amides is 2. The number of ether oxygens (including phenoxy) is 3. The molecule has 0 unspecified atom stereocenters. The van der Waals surface area contributed by atoms with E-state index in [0.717, 1.165) is 11.4 Å². The van der Waals surface area contributed by atoms with E-state index in [4.69, 9.17) is 21.1 Å². The number of fused-ring (bicyclic) bond motifs is 5. The van der Waals surface area contributed by atoms with Crippen LogP contribution in [0.25, 0.3) is 0 Å². The van der Waals surface area contributed by atoms with E-state index in [9.17, 15) is 14.4 Å². The summed E-state index contributed by atoms with van der Waals surface area (Å²) in [5, 5.41) is 5.27. The molecule has 9 heteroatoms. The molecular formula is C20H19ClN2O6. The van der Waals surface area contributed by atoms with E-state index < -0.39 is 5.97 Å². The van der Waals surface area contributed by atoms with Crippen molar-refractivity contribution in [3.63, 3.8) is 0 Å². The molecular weight excluding hydrogens is 400 g/mol. The minimum atomic E-state index is -0.561. The van der Waals surface area contributed by atoms with Crippen molar-refractivity contribution in [1.82, 2.24) is 5.01 Å². The number of nitrogens with zero attached hydrogens (tertiary/aromatic N) is 2. The first-order chi connectivity index (χ1) is 13.9. The van der Waals surface area contributed by atoms with Crippen LogP contribution < -0.4 is 9.47 Å². The first-order valence-electron chi connectivity index (χ1n) is 9.12. The highest BCUT2D eigenvalue weighted by Gasteiger charge is 2.59. The van der Waals surface area contributed by atoms with E-state index in [1.54, 1.807) is 6.07 Å². The van der Waals surface area contributed by atoms with Gasteiger partial charge in [0.2, 0.25) is 0 Å². The molecule has 2 aliphatic carbocycles. The Balaban J connectivity index is 1.53. The van der Waals surface area contributed by atoms with Crippen molar-refractivity contribution in [2.75, 3.05) is 20.8 Å². The highest BCUT2D eigenvalue weighted by atomic mass is 35.5. The lowest BCUT2D eigenvalue weighted by molar-refractivity contribution is -0.143. The highest BCUT2D eigenvalue weighted by molar-refractivity contribution is 6.32. The van der Waals surface area contributed by atoms with E-state index in [-0.39, 0.29) is 58.6 Å². The van der Waals surface area contributed by atoms with E-state index in [1.165, 1.54) is 26.5 Å². The van der Waals surface area contributed by atoms with Gasteiger partial charge in [-0.2, -0.15) is 10.1 Å². The third-order valence-corrected chi connectivity index (χ3v) is 5.86. The van der Waals surface area contributed by atoms with Gasteiger partial charge < -0.3 is 14.2 Å². The fourth-order valence-electron chi connectivity index (χ4n) is 4.27. The summed E-state index contributed by atoms with van der Waals surface area (Å²) in [5.41, 5.74) is 0.510. The molecule has 152 valence electrons. The van der Waals surface area contributed by atoms with Crippen molar-refractivity contribution in [3.05, 3.63) is 34.9 Å². The van der Waals surface area contributed by atoms with Gasteiger partial charge in [0, 0.05) is 0 Å². The van der Waals surface area contributed by atoms with Crippen LogP contribution in [0.1, 0.15) is 12.0 Å². The Labute approximate surface area is 172 Å². The molecule has 0 aromatic heterocycles. The molecule has 0 spiro atoms. The Morgan fingerprint density at radius 1 is 1.21 bits per heavy atom. The van der Waals surface area contributed by atoms with Gasteiger partial charge >= 0.3 is 5.97 Å². The molecule has 4 atom stereocenters. The number of allylic oxidation sites excluding steroid dienone is 2. The maximum Gasteiger partial charge on any atom is 0.343 e. The van der Waals surface area contributed by atoms with E-state index in [0.29, 0.717) is 5.56 Å². The number of esters is 1. The molecule has 3 aliphatic rings. The van der Waals surface area contributed by atoms with Crippen molar-refractivity contribution in [1.29, 1.82) is 0 Å². The van der Waals surface area contributed by atoms with Crippen LogP contribution in [0.2, 0.25) is 5.02 Å². The summed E-state index contributed by atoms with van der Waals surface area (Å²) < 4.78 is 15.2. The number of imide groups is 1. The second kappa shape index (κ2) is 7.51. The summed E-state index contributed by atoms with van der Waals surface area (Å²) in [4.78, 5) is 36.6. The number of hydrogen-bond donors (Lipinski definition) is 0. The number of carbonyl (C=O) groups is 3. The predicted octanol–water partition coefficient (Wildman–Crippen LogP) is 2.04. The fourth-order valence-corrected chi connectivity index (χ4v) is 4.54. The van der Waals surface area contributed by atoms with Crippen LogP contribution in [-0.4, -0.2) is 49.8 Å². The topological polar surface area (TPSA) is 94.5 Å². The number of carbonyl (C=O) groups excluding carboxylic acids is 3. The van der Waals surface area contributed by atoms with Crippen molar-refractivity contribution in [3.8, 4) is 11.5 Å². The SMILES string of the molecule is COC(=O)COc1c(Cl)cc(/C=N\N2C(=O)[C@@H]3[C@@H](C2=O)[C@H]2C=C[C@H]3C2)cc1OC. The maximum absolute atomic E-state index is 12.7. The first-order valence-corrected chi connectivity index (χ1v) is 9.49. The second-order valence-corrected chi connectivity index (χ2v) is 7.54. The molecule has 4 rings (SSSR count). The van der Waals surface area contributed by atoms with Crippen LogP contribution in [0, 0.1) is 23.7 Å². The molecule has 1 aliphatic heterocycles. The lowest BCUT2D eigenvalue weighted by Gasteiger charge is -2.13. The molecule has 2 amide bonds. The van der Waals surface area contributed by atoms with Crippen molar-refractivity contribution in [2.24, 2.45) is 28.8 Å². The highest BCUT2D eigenvalue weighted by Crippen LogP contribution is 2.52. The summed E-state index contributed by atoms with van der Waals surface area (Å²) in [7, 11) is 2.68. The minimum absolute atomic E-state index is 0.127. The quantitative estimate of drug-likeness (QED) is 0.304. The molecule has 8 nitrogen and oxygen atoms in total. The largest absolute Gasteiger partial charge is 0.493 e. The minimum Gasteiger partial charge on any atom is -0.493 e. The average Bonchev–Trinajstić information content (AvgIpc) is 3.39. The molecule has 1 heterocycles. The molecule has 1 aromatic carbocycles. The van der Waals surface area contributed by atoms with Crippen molar-refractivity contribution in [2.45, 2.75) is 6.42 Å². The van der Waals surface area contributed by atoms with Crippen LogP contribution in [0.4, 0.5) is 0 Å². The van der Waals surface area contributed by atoms with Gasteiger partial charge in [-0.3, -0.25) is 9.59 Å². The van der Waals surface area contributed by atoms with E-state index in [2.05, 4.69) is 9.84 Å². The van der Waals surface area contributed by atoms with Gasteiger partial charge in [0.25, 0.3) is 11.8 Å². The number of halogens is 1. The van der Waals surface area contributed by atoms with Crippen LogP contribution in [-0.2, 0) is 19.1 Å². The van der Waals surface area contributed by atoms with Gasteiger partial charge in [0.05, 0.1) is 37.3 Å². The molecule has 2 bridgehead atoms. The Morgan fingerprint density at radius 3 is 2.45 bits per heavy atom. The van der Waals surface area contributed by atoms with E-state index >= 15 is 0 Å². The summed E-state index contributed by atoms with van der Waals surface area (Å²) >= 11 is 6.24. The van der Waals surface area contributed by atoms with Crippen LogP contribution in [0.3, 0.4) is 0 Å². The monoisotopic (exact) mass is 418 g/mol. The zero-order chi connectivity index (χ0) is 20.7. The van der Waals surface area contributed by atoms with E-state index in [1.807, 2.05) is 12.2 Å². The lowest BCUT2D eigenvalue weighted by atomic mass is 9.85. The first kappa shape index (κ1) is 19.4. The fraction of sp³-hybridized carbons (Fsp3) is 0.400. The van der Waals surface area contributed by atoms with Crippen LogP contribution in [0.15, 0.2) is 29.4 Å². The number of hydrazone groups is 1. The Bertz CT molecular complexity index is 913. The molecule has 0 radical (unpaired) electrons. The number of methoxy groups -OCH3 is 2. The molecule has 0 N–H and O–H groups in total. The lowest BCUT2D eigenvalue weighted by Crippen LogP contribution is -2.28. The van der Waals surface area contributed by atoms with Gasteiger partial charge in [-0.05, 0) is 36.0 Å². The van der Waals surface area contributed by atoms with Crippen molar-refractivity contribution < 1.29 is 28.6 Å². The third-order valence-electron chi connectivity index (χ3n) is 5.58. The molecule has 1 saturated heterocycles. The Kier molecular flexibility index (Phi) is 5.04. The third kappa shape index (κ3) is 3.27. The molecule has 29 heavy (non-hydrogen) atoms. The van der Waals surface area contributed by atoms with Crippen molar-refractivity contribution >= 4 is 35.6 Å². The maximum atomic E-state index is 12.7. The molecule has 1 saturated carbocycles. The Morgan fingerprint density at radius 2 is 1.86 bits per heavy atom. The summed E-state index contributed by atoms with van der Waals surface area (Å²) in [5.74, 6) is -0.973. The van der Waals surface area contributed by atoms with Crippen LogP contribution >= 0.6 is 11.6 Å². The smallest absolute Gasteiger partial charge is 0.343 e. The predicted molar refractivity (Wildman–Crippen MR) is 103 cm³/mol. The second-order valence-electron chi connectivity index (χ2n) is 7.13. The molecule has 2 fully saturated rings. The standard InChI is InChI=1S/C20H19ClN2O6/c1-27-14-6-10(5-13(21)18(14)29-9-15(24)28-2)8-22-23-19(25)16-11-3-4-12(7-11)17(16)20(23)26/h3-6,8,11-12,16-17H,7,9H2,1-2H3/b22-8-/t11-,12-,16-,17-/m0/s1. The van der Waals surface area contributed by atoms with Gasteiger partial charge in [-0.1, -0.05) is 23.8 Å². The Hall–Kier alpha value is -2.87. The number of hydrogen-bond acceptors (Lipinski definition) is 7. The number of rotatable bonds is 6. The molecule has 1 aromatic rings. The zero-order valence-electron chi connectivity index (χ0n) is 15.8. The average molecular weight is 419 g/mol.